The molecule has 1 atom stereocenters. The number of aromatic nitrogens is 1. The van der Waals surface area contributed by atoms with Crippen molar-refractivity contribution in [1.82, 2.24) is 9.88 Å². The maximum atomic E-state index is 12.2. The van der Waals surface area contributed by atoms with Gasteiger partial charge in [-0.05, 0) is 12.0 Å². The summed E-state index contributed by atoms with van der Waals surface area (Å²) in [6, 6.07) is 7.78. The Hall–Kier alpha value is -1.81. The number of nitrogens with one attached hydrogen (secondary N) is 1. The lowest BCUT2D eigenvalue weighted by Gasteiger charge is -2.14. The van der Waals surface area contributed by atoms with Crippen molar-refractivity contribution in [2.75, 3.05) is 6.54 Å². The summed E-state index contributed by atoms with van der Waals surface area (Å²) in [6.07, 6.45) is 1.31. The van der Waals surface area contributed by atoms with Crippen molar-refractivity contribution in [3.63, 3.8) is 0 Å². The topological polar surface area (TPSA) is 54.3 Å². The Labute approximate surface area is 113 Å². The maximum Gasteiger partial charge on any atom is 0.253 e. The molecule has 1 amide bonds. The molecule has 4 nitrogen and oxygen atoms in total. The molecular formula is C15H20N2O2. The number of rotatable bonds is 4. The lowest BCUT2D eigenvalue weighted by atomic mass is 10.1. The lowest BCUT2D eigenvalue weighted by molar-refractivity contribution is 0.0873. The van der Waals surface area contributed by atoms with E-state index in [9.17, 15) is 9.90 Å². The highest BCUT2D eigenvalue weighted by Crippen LogP contribution is 2.20. The molecule has 0 aliphatic heterocycles. The van der Waals surface area contributed by atoms with E-state index < -0.39 is 6.10 Å². The van der Waals surface area contributed by atoms with Gasteiger partial charge in [0.05, 0.1) is 11.7 Å². The van der Waals surface area contributed by atoms with Gasteiger partial charge in [0.15, 0.2) is 0 Å². The number of nitrogens with zero attached hydrogens (tertiary/aromatic N) is 1. The summed E-state index contributed by atoms with van der Waals surface area (Å²) in [4.78, 5) is 12.2. The van der Waals surface area contributed by atoms with E-state index in [1.165, 1.54) is 0 Å². The molecular weight excluding hydrogens is 240 g/mol. The van der Waals surface area contributed by atoms with Gasteiger partial charge in [-0.1, -0.05) is 32.0 Å². The number of carbonyl (C=O) groups excluding carboxylic acids is 1. The highest BCUT2D eigenvalue weighted by atomic mass is 16.3. The smallest absolute Gasteiger partial charge is 0.253 e. The van der Waals surface area contributed by atoms with Crippen LogP contribution in [0, 0.1) is 5.92 Å². The molecule has 2 N–H and O–H groups in total. The molecule has 1 heterocycles. The van der Waals surface area contributed by atoms with E-state index in [4.69, 9.17) is 0 Å². The standard InChI is InChI=1S/C15H20N2O2/c1-10(2)14(18)8-16-15(19)12-9-17(3)13-7-5-4-6-11(12)13/h4-7,9-10,14,18H,8H2,1-3H3,(H,16,19). The van der Waals surface area contributed by atoms with Gasteiger partial charge in [-0.15, -0.1) is 0 Å². The molecule has 0 aliphatic carbocycles. The summed E-state index contributed by atoms with van der Waals surface area (Å²) >= 11 is 0. The van der Waals surface area contributed by atoms with Gasteiger partial charge >= 0.3 is 0 Å². The van der Waals surface area contributed by atoms with Gasteiger partial charge in [0.2, 0.25) is 0 Å². The van der Waals surface area contributed by atoms with Crippen molar-refractivity contribution >= 4 is 16.8 Å². The third kappa shape index (κ3) is 2.79. The Morgan fingerprint density at radius 3 is 2.74 bits per heavy atom. The molecule has 0 bridgehead atoms. The van der Waals surface area contributed by atoms with E-state index in [0.29, 0.717) is 5.56 Å². The van der Waals surface area contributed by atoms with E-state index in [1.54, 1.807) is 0 Å². The summed E-state index contributed by atoms with van der Waals surface area (Å²) in [5.41, 5.74) is 1.67. The highest BCUT2D eigenvalue weighted by Gasteiger charge is 2.15. The number of amides is 1. The zero-order valence-corrected chi connectivity index (χ0v) is 11.6. The monoisotopic (exact) mass is 260 g/mol. The number of aliphatic hydroxyl groups is 1. The van der Waals surface area contributed by atoms with Crippen LogP contribution in [0.4, 0.5) is 0 Å². The molecule has 0 radical (unpaired) electrons. The normalized spacial score (nSPS) is 12.9. The van der Waals surface area contributed by atoms with Crippen LogP contribution in [0.3, 0.4) is 0 Å². The average Bonchev–Trinajstić information content (AvgIpc) is 2.73. The summed E-state index contributed by atoms with van der Waals surface area (Å²) in [5, 5.41) is 13.4. The van der Waals surface area contributed by atoms with Gasteiger partial charge in [0.25, 0.3) is 5.91 Å². The second kappa shape index (κ2) is 5.45. The van der Waals surface area contributed by atoms with Crippen molar-refractivity contribution < 1.29 is 9.90 Å². The molecule has 2 aromatic rings. The Balaban J connectivity index is 2.18. The summed E-state index contributed by atoms with van der Waals surface area (Å²) < 4.78 is 1.93. The predicted octanol–water partition coefficient (Wildman–Crippen LogP) is 1.93. The SMILES string of the molecule is CC(C)C(O)CNC(=O)c1cn(C)c2ccccc12. The molecule has 2 rings (SSSR count). The van der Waals surface area contributed by atoms with Gasteiger partial charge in [0.1, 0.15) is 0 Å². The molecule has 1 aromatic carbocycles. The Morgan fingerprint density at radius 2 is 2.05 bits per heavy atom. The summed E-state index contributed by atoms with van der Waals surface area (Å²) in [7, 11) is 1.92. The highest BCUT2D eigenvalue weighted by molar-refractivity contribution is 6.06. The van der Waals surface area contributed by atoms with Crippen LogP contribution in [0.1, 0.15) is 24.2 Å². The molecule has 4 heteroatoms. The van der Waals surface area contributed by atoms with Crippen molar-refractivity contribution in [2.45, 2.75) is 20.0 Å². The molecule has 1 unspecified atom stereocenters. The number of hydrogen-bond donors (Lipinski definition) is 2. The first-order valence-electron chi connectivity index (χ1n) is 6.51. The van der Waals surface area contributed by atoms with Crippen LogP contribution in [-0.2, 0) is 7.05 Å². The van der Waals surface area contributed by atoms with Gasteiger partial charge < -0.3 is 15.0 Å². The molecule has 102 valence electrons. The van der Waals surface area contributed by atoms with Gasteiger partial charge in [-0.2, -0.15) is 0 Å². The minimum Gasteiger partial charge on any atom is -0.391 e. The first-order valence-corrected chi connectivity index (χ1v) is 6.51. The number of aliphatic hydroxyl groups excluding tert-OH is 1. The van der Waals surface area contributed by atoms with Gasteiger partial charge in [-0.3, -0.25) is 4.79 Å². The maximum absolute atomic E-state index is 12.2. The fourth-order valence-corrected chi connectivity index (χ4v) is 2.05. The Bertz CT molecular complexity index is 587. The van der Waals surface area contributed by atoms with E-state index in [2.05, 4.69) is 5.32 Å². The first-order chi connectivity index (χ1) is 9.00. The minimum absolute atomic E-state index is 0.132. The van der Waals surface area contributed by atoms with E-state index in [1.807, 2.05) is 55.9 Å². The number of para-hydroxylation sites is 1. The van der Waals surface area contributed by atoms with Crippen molar-refractivity contribution in [3.05, 3.63) is 36.0 Å². The zero-order valence-electron chi connectivity index (χ0n) is 11.6. The summed E-state index contributed by atoms with van der Waals surface area (Å²) in [5.74, 6) is -0.00989. The fraction of sp³-hybridized carbons (Fsp3) is 0.400. The molecule has 0 aliphatic rings. The Morgan fingerprint density at radius 1 is 1.37 bits per heavy atom. The van der Waals surface area contributed by atoms with E-state index in [0.717, 1.165) is 10.9 Å². The minimum atomic E-state index is -0.515. The number of fused-ring (bicyclic) bond motifs is 1. The number of aryl methyl sites for hydroxylation is 1. The van der Waals surface area contributed by atoms with E-state index >= 15 is 0 Å². The molecule has 1 aromatic heterocycles. The van der Waals surface area contributed by atoms with Crippen LogP contribution in [0.15, 0.2) is 30.5 Å². The number of carbonyl (C=O) groups is 1. The quantitative estimate of drug-likeness (QED) is 0.882. The molecule has 0 spiro atoms. The summed E-state index contributed by atoms with van der Waals surface area (Å²) in [6.45, 7) is 4.13. The van der Waals surface area contributed by atoms with Crippen molar-refractivity contribution in [3.8, 4) is 0 Å². The first kappa shape index (κ1) is 13.6. The fourth-order valence-electron chi connectivity index (χ4n) is 2.05. The lowest BCUT2D eigenvalue weighted by Crippen LogP contribution is -2.34. The molecule has 0 saturated heterocycles. The van der Waals surface area contributed by atoms with Crippen LogP contribution in [0.5, 0.6) is 0 Å². The third-order valence-electron chi connectivity index (χ3n) is 3.38. The largest absolute Gasteiger partial charge is 0.391 e. The molecule has 0 saturated carbocycles. The van der Waals surface area contributed by atoms with E-state index in [-0.39, 0.29) is 18.4 Å². The average molecular weight is 260 g/mol. The Kier molecular flexibility index (Phi) is 3.90. The number of hydrogen-bond acceptors (Lipinski definition) is 2. The second-order valence-electron chi connectivity index (χ2n) is 5.19. The van der Waals surface area contributed by atoms with Crippen LogP contribution in [0.2, 0.25) is 0 Å². The van der Waals surface area contributed by atoms with Gasteiger partial charge in [0, 0.05) is 30.7 Å². The van der Waals surface area contributed by atoms with Crippen LogP contribution >= 0.6 is 0 Å². The van der Waals surface area contributed by atoms with Crippen LogP contribution < -0.4 is 5.32 Å². The van der Waals surface area contributed by atoms with Crippen LogP contribution in [0.25, 0.3) is 10.9 Å². The third-order valence-corrected chi connectivity index (χ3v) is 3.38. The van der Waals surface area contributed by atoms with Crippen LogP contribution in [-0.4, -0.2) is 28.2 Å². The second-order valence-corrected chi connectivity index (χ2v) is 5.19. The zero-order chi connectivity index (χ0) is 14.0. The number of benzene rings is 1. The molecule has 19 heavy (non-hydrogen) atoms. The van der Waals surface area contributed by atoms with Crippen molar-refractivity contribution in [1.29, 1.82) is 0 Å². The molecule has 0 fully saturated rings. The predicted molar refractivity (Wildman–Crippen MR) is 76.1 cm³/mol. The van der Waals surface area contributed by atoms with Gasteiger partial charge in [-0.25, -0.2) is 0 Å². The van der Waals surface area contributed by atoms with Crippen molar-refractivity contribution in [2.24, 2.45) is 13.0 Å².